The molecule has 2 fully saturated rings. The van der Waals surface area contributed by atoms with E-state index in [4.69, 9.17) is 37.9 Å². The van der Waals surface area contributed by atoms with Gasteiger partial charge in [-0.2, -0.15) is 0 Å². The zero-order valence-electron chi connectivity index (χ0n) is 30.3. The van der Waals surface area contributed by atoms with Crippen molar-refractivity contribution in [2.75, 3.05) is 18.1 Å². The summed E-state index contributed by atoms with van der Waals surface area (Å²) in [6.45, 7) is 6.13. The van der Waals surface area contributed by atoms with Crippen molar-refractivity contribution < 1.29 is 57.1 Å². The first-order chi connectivity index (χ1) is 25.6. The Kier molecular flexibility index (Phi) is 14.8. The van der Waals surface area contributed by atoms with Gasteiger partial charge in [-0.3, -0.25) is 19.2 Å². The Morgan fingerprint density at radius 1 is 0.585 bits per heavy atom. The van der Waals surface area contributed by atoms with Gasteiger partial charge in [-0.1, -0.05) is 91.0 Å². The number of rotatable bonds is 16. The van der Waals surface area contributed by atoms with Crippen molar-refractivity contribution >= 4 is 34.8 Å². The minimum Gasteiger partial charge on any atom is -0.455 e. The Morgan fingerprint density at radius 2 is 1.06 bits per heavy atom. The van der Waals surface area contributed by atoms with Gasteiger partial charge in [0.25, 0.3) is 0 Å². The van der Waals surface area contributed by atoms with Crippen LogP contribution in [0.5, 0.6) is 0 Å². The summed E-state index contributed by atoms with van der Waals surface area (Å²) in [6, 6.07) is 29.6. The first-order valence-corrected chi connectivity index (χ1v) is 19.1. The van der Waals surface area contributed by atoms with Crippen LogP contribution in [-0.4, -0.2) is 90.2 Å². The second-order valence-corrected chi connectivity index (χ2v) is 15.2. The topological polar surface area (TPSA) is 142 Å². The Hall–Kier alpha value is -4.27. The lowest BCUT2D eigenvalue weighted by Gasteiger charge is -2.43. The quantitative estimate of drug-likeness (QED) is 0.116. The predicted molar refractivity (Wildman–Crippen MR) is 194 cm³/mol. The van der Waals surface area contributed by atoms with E-state index in [9.17, 15) is 19.2 Å². The van der Waals surface area contributed by atoms with Crippen LogP contribution in [-0.2, 0) is 87.8 Å². The molecule has 284 valence electrons. The summed E-state index contributed by atoms with van der Waals surface area (Å²) < 4.78 is 48.4. The highest BCUT2D eigenvalue weighted by Crippen LogP contribution is 2.36. The molecule has 3 aromatic rings. The molecule has 9 atom stereocenters. The van der Waals surface area contributed by atoms with Gasteiger partial charge in [0.2, 0.25) is 12.4 Å². The molecule has 0 N–H and O–H groups in total. The van der Waals surface area contributed by atoms with E-state index in [0.29, 0.717) is 32.2 Å². The average Bonchev–Trinajstić information content (AvgIpc) is 3.45. The highest BCUT2D eigenvalue weighted by molar-refractivity contribution is 7.97. The molecule has 0 bridgehead atoms. The van der Waals surface area contributed by atoms with Gasteiger partial charge in [-0.15, -0.1) is 0 Å². The Balaban J connectivity index is 1.48. The molecule has 3 aromatic carbocycles. The first kappa shape index (κ1) is 39.9. The lowest BCUT2D eigenvalue weighted by molar-refractivity contribution is -0.292. The Bertz CT molecular complexity index is 1620. The molecule has 2 aliphatic heterocycles. The van der Waals surface area contributed by atoms with Gasteiger partial charge >= 0.3 is 23.9 Å². The van der Waals surface area contributed by atoms with Gasteiger partial charge in [0.15, 0.2) is 17.5 Å². The van der Waals surface area contributed by atoms with Crippen LogP contribution < -0.4 is 0 Å². The smallest absolute Gasteiger partial charge is 0.305 e. The molecule has 2 saturated heterocycles. The summed E-state index contributed by atoms with van der Waals surface area (Å²) in [7, 11) is -0.589. The number of hydrogen-bond acceptors (Lipinski definition) is 12. The number of carbonyl (C=O) groups excluding carboxylic acids is 4. The van der Waals surface area contributed by atoms with E-state index in [0.717, 1.165) is 23.6 Å². The van der Waals surface area contributed by atoms with Crippen LogP contribution in [0.4, 0.5) is 0 Å². The van der Waals surface area contributed by atoms with Crippen molar-refractivity contribution in [3.8, 4) is 0 Å². The summed E-state index contributed by atoms with van der Waals surface area (Å²) >= 11 is 0. The van der Waals surface area contributed by atoms with E-state index < -0.39 is 71.6 Å². The molecular formula is C40H47O12S+. The SMILES string of the molecule is CC(=O)OC1O[C@H](C[S+]2C[C@@H](OCc3ccccc3)[C@@H](OCc3ccccc3)[C@H]2COCc2ccccc2)[C@@H](OC(C)=O)[C@H](OC(C)=O)[C@H]1OC(C)=O. The van der Waals surface area contributed by atoms with Gasteiger partial charge in [-0.05, 0) is 16.7 Å². The van der Waals surface area contributed by atoms with E-state index >= 15 is 0 Å². The van der Waals surface area contributed by atoms with Crippen LogP contribution in [0.25, 0.3) is 0 Å². The van der Waals surface area contributed by atoms with E-state index in [-0.39, 0.29) is 17.1 Å². The zero-order valence-corrected chi connectivity index (χ0v) is 31.1. The normalized spacial score (nSPS) is 26.7. The molecule has 0 saturated carbocycles. The van der Waals surface area contributed by atoms with Crippen LogP contribution in [0.15, 0.2) is 91.0 Å². The van der Waals surface area contributed by atoms with Crippen LogP contribution in [0.2, 0.25) is 0 Å². The van der Waals surface area contributed by atoms with Crippen LogP contribution in [0, 0.1) is 0 Å². The van der Waals surface area contributed by atoms with Gasteiger partial charge in [0.1, 0.15) is 29.8 Å². The Morgan fingerprint density at radius 3 is 1.58 bits per heavy atom. The number of benzene rings is 3. The molecule has 0 aromatic heterocycles. The minimum absolute atomic E-state index is 0.213. The third-order valence-electron chi connectivity index (χ3n) is 8.68. The minimum atomic E-state index is -1.45. The average molecular weight is 752 g/mol. The largest absolute Gasteiger partial charge is 0.455 e. The molecule has 12 nitrogen and oxygen atoms in total. The number of carbonyl (C=O) groups is 4. The fourth-order valence-electron chi connectivity index (χ4n) is 6.47. The monoisotopic (exact) mass is 751 g/mol. The second-order valence-electron chi connectivity index (χ2n) is 12.9. The highest BCUT2D eigenvalue weighted by Gasteiger charge is 2.59. The summed E-state index contributed by atoms with van der Waals surface area (Å²) in [5.41, 5.74) is 3.02. The standard InChI is InChI=1S/C40H47O12S/c1-26(41)48-37-34(52-40(51-29(4)44)39(50-28(3)43)38(37)49-27(2)42)25-53-24-33(46-21-31-16-10-6-11-17-31)36(47-22-32-18-12-7-13-19-32)35(53)23-45-20-30-14-8-5-9-15-30/h5-19,33-40H,20-25H2,1-4H3/q+1/t33-,34-,35-,36-,37-,38+,39-,40?,53?/m1/s1. The van der Waals surface area contributed by atoms with Crippen LogP contribution in [0.1, 0.15) is 44.4 Å². The van der Waals surface area contributed by atoms with Crippen molar-refractivity contribution in [1.82, 2.24) is 0 Å². The Labute approximate surface area is 312 Å². The highest BCUT2D eigenvalue weighted by atomic mass is 32.2. The molecule has 2 heterocycles. The predicted octanol–water partition coefficient (Wildman–Crippen LogP) is 4.46. The van der Waals surface area contributed by atoms with Crippen molar-refractivity contribution in [3.63, 3.8) is 0 Å². The van der Waals surface area contributed by atoms with Gasteiger partial charge in [-0.25, -0.2) is 0 Å². The summed E-state index contributed by atoms with van der Waals surface area (Å²) in [4.78, 5) is 49.4. The third kappa shape index (κ3) is 11.9. The molecule has 53 heavy (non-hydrogen) atoms. The van der Waals surface area contributed by atoms with E-state index in [1.807, 2.05) is 91.0 Å². The molecule has 0 aliphatic carbocycles. The van der Waals surface area contributed by atoms with Crippen molar-refractivity contribution in [1.29, 1.82) is 0 Å². The molecular weight excluding hydrogens is 704 g/mol. The molecule has 2 aliphatic rings. The van der Waals surface area contributed by atoms with Gasteiger partial charge in [0.05, 0.1) is 26.4 Å². The molecule has 2 unspecified atom stereocenters. The lowest BCUT2D eigenvalue weighted by Crippen LogP contribution is -2.63. The van der Waals surface area contributed by atoms with Gasteiger partial charge in [0, 0.05) is 38.6 Å². The first-order valence-electron chi connectivity index (χ1n) is 17.5. The second kappa shape index (κ2) is 19.7. The summed E-state index contributed by atoms with van der Waals surface area (Å²) in [5, 5.41) is -0.213. The van der Waals surface area contributed by atoms with Crippen molar-refractivity contribution in [2.45, 2.75) is 95.7 Å². The maximum atomic E-state index is 12.5. The molecule has 0 radical (unpaired) electrons. The van der Waals surface area contributed by atoms with Crippen LogP contribution in [0.3, 0.4) is 0 Å². The third-order valence-corrected chi connectivity index (χ3v) is 11.5. The van der Waals surface area contributed by atoms with Gasteiger partial charge < -0.3 is 37.9 Å². The number of hydrogen-bond donors (Lipinski definition) is 0. The van der Waals surface area contributed by atoms with Crippen molar-refractivity contribution in [3.05, 3.63) is 108 Å². The molecule has 0 spiro atoms. The van der Waals surface area contributed by atoms with E-state index in [1.165, 1.54) is 20.8 Å². The van der Waals surface area contributed by atoms with E-state index in [1.54, 1.807) is 0 Å². The molecule has 13 heteroatoms. The zero-order chi connectivity index (χ0) is 37.7. The fraction of sp³-hybridized carbons (Fsp3) is 0.450. The summed E-state index contributed by atoms with van der Waals surface area (Å²) in [5.74, 6) is -2.03. The fourth-order valence-corrected chi connectivity index (χ4v) is 9.42. The van der Waals surface area contributed by atoms with Crippen molar-refractivity contribution in [2.24, 2.45) is 0 Å². The maximum absolute atomic E-state index is 12.5. The maximum Gasteiger partial charge on any atom is 0.305 e. The summed E-state index contributed by atoms with van der Waals surface area (Å²) in [6.07, 6.45) is -7.12. The van der Waals surface area contributed by atoms with E-state index in [2.05, 4.69) is 0 Å². The lowest BCUT2D eigenvalue weighted by atomic mass is 9.98. The molecule has 5 rings (SSSR count). The number of esters is 4. The number of ether oxygens (including phenoxy) is 8. The molecule has 0 amide bonds. The van der Waals surface area contributed by atoms with Crippen LogP contribution >= 0.6 is 0 Å².